The number of rotatable bonds is 9. The van der Waals surface area contributed by atoms with E-state index in [1.807, 2.05) is 91.0 Å². The van der Waals surface area contributed by atoms with Crippen LogP contribution in [0.5, 0.6) is 0 Å². The quantitative estimate of drug-likeness (QED) is 0.121. The van der Waals surface area contributed by atoms with Crippen LogP contribution in [-0.2, 0) is 22.6 Å². The number of aliphatic hydroxyl groups excluding tert-OH is 1. The number of thiazole rings is 1. The second-order valence-corrected chi connectivity index (χ2v) is 14.5. The highest BCUT2D eigenvalue weighted by atomic mass is 32.2. The third-order valence-electron chi connectivity index (χ3n) is 8.94. The smallest absolute Gasteiger partial charge is 0.261 e. The summed E-state index contributed by atoms with van der Waals surface area (Å²) < 4.78 is 15.3. The fourth-order valence-corrected chi connectivity index (χ4v) is 8.46. The van der Waals surface area contributed by atoms with E-state index in [9.17, 15) is 14.7 Å². The Labute approximate surface area is 292 Å². The first kappa shape index (κ1) is 31.6. The molecular weight excluding hydrogens is 653 g/mol. The largest absolute Gasteiger partial charge is 0.392 e. The molecule has 0 saturated carbocycles. The normalized spacial score (nSPS) is 19.0. The van der Waals surface area contributed by atoms with Crippen molar-refractivity contribution in [1.29, 1.82) is 0 Å². The fraction of sp³-hybridized carbons (Fsp3) is 0.175. The molecule has 0 aliphatic carbocycles. The van der Waals surface area contributed by atoms with Crippen molar-refractivity contribution in [3.05, 3.63) is 155 Å². The number of imide groups is 1. The number of aliphatic hydroxyl groups is 1. The van der Waals surface area contributed by atoms with Crippen molar-refractivity contribution < 1.29 is 24.2 Å². The van der Waals surface area contributed by atoms with Gasteiger partial charge in [-0.3, -0.25) is 14.5 Å². The molecule has 5 aromatic carbocycles. The lowest BCUT2D eigenvalue weighted by atomic mass is 9.99. The van der Waals surface area contributed by atoms with Crippen LogP contribution in [0.25, 0.3) is 21.3 Å². The molecule has 6 aromatic rings. The minimum atomic E-state index is -0.563. The summed E-state index contributed by atoms with van der Waals surface area (Å²) in [6, 6.07) is 39.1. The number of fused-ring (bicyclic) bond motifs is 2. The van der Waals surface area contributed by atoms with Crippen molar-refractivity contribution in [2.75, 3.05) is 5.75 Å². The minimum Gasteiger partial charge on any atom is -0.392 e. The zero-order chi connectivity index (χ0) is 33.3. The molecular formula is C40H32N2O5S2. The van der Waals surface area contributed by atoms with Crippen LogP contribution in [0.4, 0.5) is 0 Å². The van der Waals surface area contributed by atoms with Gasteiger partial charge in [0.25, 0.3) is 11.8 Å². The monoisotopic (exact) mass is 684 g/mol. The standard InChI is InChI=1S/C40H32N2O5S2/c43-23-25-12-14-28(15-13-25)35-21-31(24-48-40-41-34-10-3-4-11-36(34)49-40)46-39(47-35)29-18-16-27(17-19-29)30-7-5-6-26(20-30)22-42-37(44)32-8-1-2-9-33(32)38(42)45/h1-20,31,35,39,43H,21-24H2. The maximum atomic E-state index is 12.9. The molecule has 8 rings (SSSR count). The Bertz CT molecular complexity index is 2080. The van der Waals surface area contributed by atoms with Gasteiger partial charge < -0.3 is 14.6 Å². The van der Waals surface area contributed by atoms with Crippen LogP contribution in [0.15, 0.2) is 126 Å². The zero-order valence-corrected chi connectivity index (χ0v) is 28.0. The van der Waals surface area contributed by atoms with Gasteiger partial charge in [-0.15, -0.1) is 11.3 Å². The molecule has 1 N–H and O–H groups in total. The molecule has 3 unspecified atom stereocenters. The van der Waals surface area contributed by atoms with Gasteiger partial charge in [0.2, 0.25) is 0 Å². The highest BCUT2D eigenvalue weighted by Crippen LogP contribution is 2.41. The Balaban J connectivity index is 0.995. The summed E-state index contributed by atoms with van der Waals surface area (Å²) in [6.07, 6.45) is -0.112. The SMILES string of the molecule is O=C1c2ccccc2C(=O)N1Cc1cccc(-c2ccc(C3OC(CSc4nc5ccccc5s4)CC(c4ccc(CO)cc4)O3)cc2)c1. The first-order valence-electron chi connectivity index (χ1n) is 16.2. The number of hydrogen-bond donors (Lipinski definition) is 1. The summed E-state index contributed by atoms with van der Waals surface area (Å²) in [5, 5.41) is 9.55. The van der Waals surface area contributed by atoms with Gasteiger partial charge in [0.15, 0.2) is 10.6 Å². The van der Waals surface area contributed by atoms with E-state index in [4.69, 9.17) is 14.5 Å². The van der Waals surface area contributed by atoms with Crippen molar-refractivity contribution in [3.63, 3.8) is 0 Å². The summed E-state index contributed by atoms with van der Waals surface area (Å²) in [5.41, 5.74) is 7.60. The molecule has 1 aromatic heterocycles. The van der Waals surface area contributed by atoms with E-state index in [1.54, 1.807) is 47.4 Å². The highest BCUT2D eigenvalue weighted by Gasteiger charge is 2.35. The van der Waals surface area contributed by atoms with Gasteiger partial charge in [-0.25, -0.2) is 4.98 Å². The number of ether oxygens (including phenoxy) is 2. The summed E-state index contributed by atoms with van der Waals surface area (Å²) >= 11 is 3.41. The average molecular weight is 685 g/mol. The second-order valence-electron chi connectivity index (χ2n) is 12.2. The zero-order valence-electron chi connectivity index (χ0n) is 26.4. The molecule has 7 nitrogen and oxygen atoms in total. The number of carbonyl (C=O) groups excluding carboxylic acids is 2. The third-order valence-corrected chi connectivity index (χ3v) is 11.3. The Morgan fingerprint density at radius 1 is 0.755 bits per heavy atom. The lowest BCUT2D eigenvalue weighted by Crippen LogP contribution is -2.31. The van der Waals surface area contributed by atoms with Crippen molar-refractivity contribution in [1.82, 2.24) is 9.88 Å². The van der Waals surface area contributed by atoms with Gasteiger partial charge in [0, 0.05) is 17.7 Å². The highest BCUT2D eigenvalue weighted by molar-refractivity contribution is 8.01. The van der Waals surface area contributed by atoms with Crippen LogP contribution in [0.1, 0.15) is 61.8 Å². The molecule has 2 aliphatic heterocycles. The van der Waals surface area contributed by atoms with Crippen molar-refractivity contribution >= 4 is 45.1 Å². The van der Waals surface area contributed by atoms with Crippen LogP contribution in [-0.4, -0.2) is 38.7 Å². The van der Waals surface area contributed by atoms with Gasteiger partial charge >= 0.3 is 0 Å². The molecule has 2 aliphatic rings. The van der Waals surface area contributed by atoms with Crippen LogP contribution in [0.3, 0.4) is 0 Å². The summed E-state index contributed by atoms with van der Waals surface area (Å²) in [6.45, 7) is 0.204. The maximum Gasteiger partial charge on any atom is 0.261 e. The minimum absolute atomic E-state index is 0.00298. The summed E-state index contributed by atoms with van der Waals surface area (Å²) in [4.78, 5) is 32.0. The summed E-state index contributed by atoms with van der Waals surface area (Å²) in [5.74, 6) is 0.215. The Kier molecular flexibility index (Phi) is 8.84. The first-order valence-corrected chi connectivity index (χ1v) is 18.0. The van der Waals surface area contributed by atoms with Gasteiger partial charge in [-0.05, 0) is 58.1 Å². The summed E-state index contributed by atoms with van der Waals surface area (Å²) in [7, 11) is 0. The molecule has 0 spiro atoms. The van der Waals surface area contributed by atoms with Gasteiger partial charge in [0.05, 0.1) is 46.7 Å². The molecule has 0 radical (unpaired) electrons. The van der Waals surface area contributed by atoms with Crippen molar-refractivity contribution in [3.8, 4) is 11.1 Å². The molecule has 49 heavy (non-hydrogen) atoms. The maximum absolute atomic E-state index is 12.9. The Morgan fingerprint density at radius 2 is 1.47 bits per heavy atom. The van der Waals surface area contributed by atoms with Crippen molar-refractivity contribution in [2.24, 2.45) is 0 Å². The van der Waals surface area contributed by atoms with E-state index < -0.39 is 6.29 Å². The number of thioether (sulfide) groups is 1. The number of amides is 2. The first-order chi connectivity index (χ1) is 24.0. The van der Waals surface area contributed by atoms with E-state index in [2.05, 4.69) is 6.07 Å². The predicted molar refractivity (Wildman–Crippen MR) is 191 cm³/mol. The van der Waals surface area contributed by atoms with E-state index in [0.29, 0.717) is 17.5 Å². The molecule has 1 fully saturated rings. The average Bonchev–Trinajstić information content (AvgIpc) is 3.68. The van der Waals surface area contributed by atoms with E-state index >= 15 is 0 Å². The van der Waals surface area contributed by atoms with E-state index in [0.717, 1.165) is 49.0 Å². The van der Waals surface area contributed by atoms with Crippen LogP contribution in [0, 0.1) is 0 Å². The predicted octanol–water partition coefficient (Wildman–Crippen LogP) is 8.59. The van der Waals surface area contributed by atoms with Crippen LogP contribution < -0.4 is 0 Å². The molecule has 0 bridgehead atoms. The Morgan fingerprint density at radius 3 is 2.20 bits per heavy atom. The number of benzene rings is 5. The molecule has 3 atom stereocenters. The fourth-order valence-electron chi connectivity index (χ4n) is 6.35. The van der Waals surface area contributed by atoms with E-state index in [1.165, 1.54) is 9.60 Å². The number of para-hydroxylation sites is 1. The van der Waals surface area contributed by atoms with E-state index in [-0.39, 0.29) is 37.2 Å². The number of hydrogen-bond acceptors (Lipinski definition) is 8. The van der Waals surface area contributed by atoms with Gasteiger partial charge in [0.1, 0.15) is 0 Å². The molecule has 244 valence electrons. The van der Waals surface area contributed by atoms with Crippen LogP contribution in [0.2, 0.25) is 0 Å². The van der Waals surface area contributed by atoms with Crippen molar-refractivity contribution in [2.45, 2.75) is 42.4 Å². The molecule has 2 amide bonds. The lowest BCUT2D eigenvalue weighted by molar-refractivity contribution is -0.245. The molecule has 1 saturated heterocycles. The number of aromatic nitrogens is 1. The number of carbonyl (C=O) groups is 2. The third kappa shape index (κ3) is 6.56. The van der Waals surface area contributed by atoms with Gasteiger partial charge in [-0.1, -0.05) is 103 Å². The van der Waals surface area contributed by atoms with Gasteiger partial charge in [-0.2, -0.15) is 0 Å². The second kappa shape index (κ2) is 13.7. The number of nitrogens with zero attached hydrogens (tertiary/aromatic N) is 2. The Hall–Kier alpha value is -4.64. The molecule has 3 heterocycles. The lowest BCUT2D eigenvalue weighted by Gasteiger charge is -2.36. The van der Waals surface area contributed by atoms with Crippen LogP contribution >= 0.6 is 23.1 Å². The topological polar surface area (TPSA) is 89.0 Å². The molecule has 9 heteroatoms.